The van der Waals surface area contributed by atoms with Gasteiger partial charge in [0.25, 0.3) is 0 Å². The van der Waals surface area contributed by atoms with Crippen LogP contribution in [0.2, 0.25) is 0 Å². The van der Waals surface area contributed by atoms with Gasteiger partial charge in [0.15, 0.2) is 0 Å². The first-order valence-corrected chi connectivity index (χ1v) is 7.56. The molecule has 2 aliphatic rings. The van der Waals surface area contributed by atoms with E-state index in [4.69, 9.17) is 0 Å². The smallest absolute Gasteiger partial charge is 0.246 e. The minimum atomic E-state index is -0.204. The zero-order valence-corrected chi connectivity index (χ0v) is 12.7. The SMILES string of the molecule is O=C1C2CCCN2C(=O)CN1Cc1ccc(I)cc1. The van der Waals surface area contributed by atoms with E-state index < -0.39 is 0 Å². The van der Waals surface area contributed by atoms with Crippen molar-refractivity contribution in [2.24, 2.45) is 0 Å². The van der Waals surface area contributed by atoms with Crippen molar-refractivity contribution in [3.8, 4) is 0 Å². The molecule has 2 heterocycles. The lowest BCUT2D eigenvalue weighted by Crippen LogP contribution is -2.56. The van der Waals surface area contributed by atoms with E-state index in [-0.39, 0.29) is 24.4 Å². The summed E-state index contributed by atoms with van der Waals surface area (Å²) in [5, 5.41) is 0. The van der Waals surface area contributed by atoms with E-state index in [9.17, 15) is 9.59 Å². The summed E-state index contributed by atoms with van der Waals surface area (Å²) < 4.78 is 1.17. The lowest BCUT2D eigenvalue weighted by atomic mass is 10.1. The Morgan fingerprint density at radius 2 is 1.95 bits per heavy atom. The summed E-state index contributed by atoms with van der Waals surface area (Å²) in [4.78, 5) is 27.8. The molecule has 2 saturated heterocycles. The maximum absolute atomic E-state index is 12.4. The van der Waals surface area contributed by atoms with Crippen LogP contribution in [0.1, 0.15) is 18.4 Å². The number of rotatable bonds is 2. The molecule has 0 aromatic heterocycles. The zero-order valence-electron chi connectivity index (χ0n) is 10.5. The third kappa shape index (κ3) is 2.48. The number of carbonyl (C=O) groups excluding carboxylic acids is 2. The van der Waals surface area contributed by atoms with Crippen molar-refractivity contribution in [3.05, 3.63) is 33.4 Å². The summed E-state index contributed by atoms with van der Waals surface area (Å²) in [6.45, 7) is 1.50. The molecule has 2 fully saturated rings. The highest BCUT2D eigenvalue weighted by Gasteiger charge is 2.41. The van der Waals surface area contributed by atoms with Gasteiger partial charge >= 0.3 is 0 Å². The molecule has 0 aliphatic carbocycles. The second kappa shape index (κ2) is 5.11. The molecule has 0 saturated carbocycles. The monoisotopic (exact) mass is 370 g/mol. The molecule has 0 N–H and O–H groups in total. The molecule has 0 spiro atoms. The maximum atomic E-state index is 12.4. The number of halogens is 1. The van der Waals surface area contributed by atoms with Gasteiger partial charge in [0.2, 0.25) is 11.8 Å². The van der Waals surface area contributed by atoms with Gasteiger partial charge in [-0.25, -0.2) is 0 Å². The van der Waals surface area contributed by atoms with Gasteiger partial charge in [-0.15, -0.1) is 0 Å². The van der Waals surface area contributed by atoms with Crippen LogP contribution in [0, 0.1) is 3.57 Å². The second-order valence-corrected chi connectivity index (χ2v) is 6.31. The molecule has 1 aromatic rings. The van der Waals surface area contributed by atoms with Crippen molar-refractivity contribution in [2.75, 3.05) is 13.1 Å². The summed E-state index contributed by atoms with van der Waals surface area (Å²) in [5.41, 5.74) is 1.08. The van der Waals surface area contributed by atoms with Crippen molar-refractivity contribution >= 4 is 34.4 Å². The standard InChI is InChI=1S/C14H15IN2O2/c15-11-5-3-10(4-6-11)8-16-9-13(18)17-7-1-2-12(17)14(16)19/h3-6,12H,1-2,7-9H2. The Labute approximate surface area is 125 Å². The van der Waals surface area contributed by atoms with Crippen LogP contribution in [0.15, 0.2) is 24.3 Å². The van der Waals surface area contributed by atoms with Gasteiger partial charge in [-0.2, -0.15) is 0 Å². The van der Waals surface area contributed by atoms with Crippen molar-refractivity contribution in [1.82, 2.24) is 9.80 Å². The van der Waals surface area contributed by atoms with Gasteiger partial charge in [0, 0.05) is 16.7 Å². The molecule has 100 valence electrons. The number of fused-ring (bicyclic) bond motifs is 1. The van der Waals surface area contributed by atoms with Crippen LogP contribution < -0.4 is 0 Å². The Balaban J connectivity index is 1.76. The third-order valence-electron chi connectivity index (χ3n) is 3.78. The van der Waals surface area contributed by atoms with Crippen LogP contribution in [0.4, 0.5) is 0 Å². The fraction of sp³-hybridized carbons (Fsp3) is 0.429. The fourth-order valence-corrected chi connectivity index (χ4v) is 3.17. The average Bonchev–Trinajstić information content (AvgIpc) is 2.88. The highest BCUT2D eigenvalue weighted by Crippen LogP contribution is 2.24. The van der Waals surface area contributed by atoms with Crippen molar-refractivity contribution in [3.63, 3.8) is 0 Å². The molecule has 2 aliphatic heterocycles. The molecule has 2 amide bonds. The predicted octanol–water partition coefficient (Wildman–Crippen LogP) is 1.62. The molecule has 5 heteroatoms. The highest BCUT2D eigenvalue weighted by atomic mass is 127. The lowest BCUT2D eigenvalue weighted by molar-refractivity contribution is -0.154. The number of benzene rings is 1. The van der Waals surface area contributed by atoms with Gasteiger partial charge in [0.05, 0.1) is 0 Å². The zero-order chi connectivity index (χ0) is 13.4. The van der Waals surface area contributed by atoms with E-state index in [2.05, 4.69) is 22.6 Å². The number of hydrogen-bond donors (Lipinski definition) is 0. The predicted molar refractivity (Wildman–Crippen MR) is 79.3 cm³/mol. The first kappa shape index (κ1) is 12.9. The normalized spacial score (nSPS) is 22.9. The Morgan fingerprint density at radius 3 is 2.68 bits per heavy atom. The molecule has 3 rings (SSSR count). The Morgan fingerprint density at radius 1 is 1.21 bits per heavy atom. The second-order valence-electron chi connectivity index (χ2n) is 5.07. The third-order valence-corrected chi connectivity index (χ3v) is 4.50. The van der Waals surface area contributed by atoms with E-state index in [1.165, 1.54) is 3.57 Å². The molecule has 19 heavy (non-hydrogen) atoms. The Hall–Kier alpha value is -1.11. The summed E-state index contributed by atoms with van der Waals surface area (Å²) in [5.74, 6) is 0.197. The number of hydrogen-bond acceptors (Lipinski definition) is 2. The molecular weight excluding hydrogens is 355 g/mol. The maximum Gasteiger partial charge on any atom is 0.246 e. The van der Waals surface area contributed by atoms with Crippen LogP contribution in [0.3, 0.4) is 0 Å². The highest BCUT2D eigenvalue weighted by molar-refractivity contribution is 14.1. The number of nitrogens with zero attached hydrogens (tertiary/aromatic N) is 2. The van der Waals surface area contributed by atoms with Gasteiger partial charge in [-0.05, 0) is 53.1 Å². The van der Waals surface area contributed by atoms with E-state index in [0.29, 0.717) is 6.54 Å². The summed E-state index contributed by atoms with van der Waals surface area (Å²) in [6, 6.07) is 7.87. The minimum absolute atomic E-state index is 0.0904. The quantitative estimate of drug-likeness (QED) is 0.743. The average molecular weight is 370 g/mol. The van der Waals surface area contributed by atoms with Gasteiger partial charge in [0.1, 0.15) is 12.6 Å². The number of amides is 2. The van der Waals surface area contributed by atoms with E-state index in [1.807, 2.05) is 24.3 Å². The molecule has 1 atom stereocenters. The molecule has 0 radical (unpaired) electrons. The van der Waals surface area contributed by atoms with Crippen molar-refractivity contribution in [2.45, 2.75) is 25.4 Å². The molecule has 1 aromatic carbocycles. The van der Waals surface area contributed by atoms with Crippen LogP contribution in [0.5, 0.6) is 0 Å². The molecule has 4 nitrogen and oxygen atoms in total. The topological polar surface area (TPSA) is 40.6 Å². The molecule has 1 unspecified atom stereocenters. The van der Waals surface area contributed by atoms with Crippen LogP contribution >= 0.6 is 22.6 Å². The molecule has 0 bridgehead atoms. The first-order valence-electron chi connectivity index (χ1n) is 6.48. The summed E-state index contributed by atoms with van der Waals surface area (Å²) in [6.07, 6.45) is 1.76. The van der Waals surface area contributed by atoms with E-state index in [0.717, 1.165) is 24.9 Å². The Kier molecular flexibility index (Phi) is 3.47. The largest absolute Gasteiger partial charge is 0.329 e. The molecular formula is C14H15IN2O2. The van der Waals surface area contributed by atoms with Crippen LogP contribution in [0.25, 0.3) is 0 Å². The summed E-state index contributed by atoms with van der Waals surface area (Å²) in [7, 11) is 0. The van der Waals surface area contributed by atoms with Gasteiger partial charge < -0.3 is 9.80 Å². The van der Waals surface area contributed by atoms with Crippen LogP contribution in [-0.2, 0) is 16.1 Å². The lowest BCUT2D eigenvalue weighted by Gasteiger charge is -2.36. The minimum Gasteiger partial charge on any atom is -0.329 e. The fourth-order valence-electron chi connectivity index (χ4n) is 2.81. The van der Waals surface area contributed by atoms with Crippen molar-refractivity contribution < 1.29 is 9.59 Å². The van der Waals surface area contributed by atoms with E-state index in [1.54, 1.807) is 9.80 Å². The van der Waals surface area contributed by atoms with E-state index >= 15 is 0 Å². The number of piperazine rings is 1. The first-order chi connectivity index (χ1) is 9.15. The van der Waals surface area contributed by atoms with Crippen molar-refractivity contribution in [1.29, 1.82) is 0 Å². The van der Waals surface area contributed by atoms with Gasteiger partial charge in [-0.1, -0.05) is 12.1 Å². The van der Waals surface area contributed by atoms with Crippen LogP contribution in [-0.4, -0.2) is 40.7 Å². The Bertz CT molecular complexity index is 515. The number of carbonyl (C=O) groups is 2. The summed E-state index contributed by atoms with van der Waals surface area (Å²) >= 11 is 2.25. The van der Waals surface area contributed by atoms with Gasteiger partial charge in [-0.3, -0.25) is 9.59 Å².